The van der Waals surface area contributed by atoms with E-state index in [1.165, 1.54) is 18.2 Å². The molecule has 1 aromatic carbocycles. The number of piperazine rings is 1. The SMILES string of the molecule is Cc1nn(C)c(Cl)c1/C=C/C(=O)N1CCN(Cc2nc(-c3cccc(C(F)(F)F)c3)no2)CC1. The molecular weight excluding hydrogens is 473 g/mol. The van der Waals surface area contributed by atoms with E-state index in [0.717, 1.165) is 17.8 Å². The number of benzene rings is 1. The van der Waals surface area contributed by atoms with Crippen LogP contribution in [0.4, 0.5) is 13.2 Å². The number of amides is 1. The van der Waals surface area contributed by atoms with Gasteiger partial charge in [-0.15, -0.1) is 0 Å². The monoisotopic (exact) mass is 494 g/mol. The van der Waals surface area contributed by atoms with Crippen LogP contribution in [0.1, 0.15) is 22.7 Å². The minimum atomic E-state index is -4.45. The molecule has 8 nitrogen and oxygen atoms in total. The molecule has 1 aliphatic rings. The lowest BCUT2D eigenvalue weighted by Gasteiger charge is -2.33. The van der Waals surface area contributed by atoms with Crippen molar-refractivity contribution in [2.75, 3.05) is 26.2 Å². The first kappa shape index (κ1) is 24.0. The second-order valence-electron chi connectivity index (χ2n) is 7.94. The molecule has 34 heavy (non-hydrogen) atoms. The molecule has 1 aliphatic heterocycles. The Morgan fingerprint density at radius 1 is 1.24 bits per heavy atom. The molecule has 4 rings (SSSR count). The highest BCUT2D eigenvalue weighted by Gasteiger charge is 2.31. The van der Waals surface area contributed by atoms with Gasteiger partial charge in [0.25, 0.3) is 0 Å². The van der Waals surface area contributed by atoms with E-state index in [1.54, 1.807) is 22.7 Å². The van der Waals surface area contributed by atoms with E-state index in [4.69, 9.17) is 16.1 Å². The predicted octanol–water partition coefficient (Wildman–Crippen LogP) is 3.81. The zero-order valence-corrected chi connectivity index (χ0v) is 19.3. The average Bonchev–Trinajstić information content (AvgIpc) is 3.36. The number of nitrogens with zero attached hydrogens (tertiary/aromatic N) is 6. The van der Waals surface area contributed by atoms with Gasteiger partial charge in [-0.3, -0.25) is 14.4 Å². The quantitative estimate of drug-likeness (QED) is 0.502. The summed E-state index contributed by atoms with van der Waals surface area (Å²) in [5, 5.41) is 8.50. The lowest BCUT2D eigenvalue weighted by molar-refractivity contribution is -0.137. The molecule has 0 atom stereocenters. The fourth-order valence-corrected chi connectivity index (χ4v) is 3.92. The van der Waals surface area contributed by atoms with Crippen LogP contribution in [-0.2, 0) is 24.6 Å². The molecule has 3 heterocycles. The van der Waals surface area contributed by atoms with Gasteiger partial charge in [0.15, 0.2) is 0 Å². The van der Waals surface area contributed by atoms with E-state index in [2.05, 4.69) is 15.2 Å². The highest BCUT2D eigenvalue weighted by molar-refractivity contribution is 6.31. The number of carbonyl (C=O) groups is 1. The van der Waals surface area contributed by atoms with Gasteiger partial charge in [0.2, 0.25) is 17.6 Å². The van der Waals surface area contributed by atoms with E-state index < -0.39 is 11.7 Å². The number of alkyl halides is 3. The summed E-state index contributed by atoms with van der Waals surface area (Å²) < 4.78 is 45.6. The van der Waals surface area contributed by atoms with Gasteiger partial charge in [-0.05, 0) is 25.1 Å². The number of hydrogen-bond donors (Lipinski definition) is 0. The van der Waals surface area contributed by atoms with Crippen LogP contribution in [0.3, 0.4) is 0 Å². The van der Waals surface area contributed by atoms with E-state index in [9.17, 15) is 18.0 Å². The van der Waals surface area contributed by atoms with Crippen molar-refractivity contribution in [1.82, 2.24) is 29.7 Å². The highest BCUT2D eigenvalue weighted by Crippen LogP contribution is 2.31. The van der Waals surface area contributed by atoms with Crippen LogP contribution in [0.2, 0.25) is 5.15 Å². The first-order chi connectivity index (χ1) is 16.1. The summed E-state index contributed by atoms with van der Waals surface area (Å²) in [6.07, 6.45) is -1.28. The number of hydrogen-bond acceptors (Lipinski definition) is 6. The zero-order chi connectivity index (χ0) is 24.5. The summed E-state index contributed by atoms with van der Waals surface area (Å²) in [5.74, 6) is 0.279. The van der Waals surface area contributed by atoms with Crippen molar-refractivity contribution in [2.45, 2.75) is 19.6 Å². The van der Waals surface area contributed by atoms with Crippen molar-refractivity contribution in [1.29, 1.82) is 0 Å². The molecule has 0 radical (unpaired) electrons. The Hall–Kier alpha value is -3.18. The first-order valence-electron chi connectivity index (χ1n) is 10.5. The highest BCUT2D eigenvalue weighted by atomic mass is 35.5. The van der Waals surface area contributed by atoms with Crippen LogP contribution in [-0.4, -0.2) is 61.8 Å². The summed E-state index contributed by atoms with van der Waals surface area (Å²) in [6, 6.07) is 4.80. The Bertz CT molecular complexity index is 1210. The number of aryl methyl sites for hydroxylation is 2. The topological polar surface area (TPSA) is 80.3 Å². The summed E-state index contributed by atoms with van der Waals surface area (Å²) in [5.41, 5.74) is 0.915. The molecule has 2 aromatic heterocycles. The minimum Gasteiger partial charge on any atom is -0.338 e. The maximum atomic E-state index is 12.9. The Balaban J connectivity index is 1.32. The third kappa shape index (κ3) is 5.31. The molecule has 180 valence electrons. The van der Waals surface area contributed by atoms with Gasteiger partial charge < -0.3 is 9.42 Å². The third-order valence-corrected chi connectivity index (χ3v) is 6.00. The normalized spacial score (nSPS) is 15.4. The van der Waals surface area contributed by atoms with Crippen LogP contribution in [0.25, 0.3) is 17.5 Å². The fraction of sp³-hybridized carbons (Fsp3) is 0.364. The maximum absolute atomic E-state index is 12.9. The van der Waals surface area contributed by atoms with Gasteiger partial charge >= 0.3 is 6.18 Å². The molecule has 0 N–H and O–H groups in total. The van der Waals surface area contributed by atoms with Crippen LogP contribution >= 0.6 is 11.6 Å². The summed E-state index contributed by atoms with van der Waals surface area (Å²) >= 11 is 6.20. The van der Waals surface area contributed by atoms with Gasteiger partial charge in [0.1, 0.15) is 5.15 Å². The Kier molecular flexibility index (Phi) is 6.76. The van der Waals surface area contributed by atoms with Crippen LogP contribution in [0, 0.1) is 6.92 Å². The fourth-order valence-electron chi connectivity index (χ4n) is 3.68. The molecule has 0 bridgehead atoms. The van der Waals surface area contributed by atoms with E-state index in [1.807, 2.05) is 11.8 Å². The second-order valence-corrected chi connectivity index (χ2v) is 8.30. The first-order valence-corrected chi connectivity index (χ1v) is 10.9. The molecule has 1 saturated heterocycles. The van der Waals surface area contributed by atoms with Gasteiger partial charge in [0, 0.05) is 50.4 Å². The third-order valence-electron chi connectivity index (χ3n) is 5.55. The molecule has 3 aromatic rings. The Labute approximate surface area is 198 Å². The number of halogens is 4. The average molecular weight is 495 g/mol. The van der Waals surface area contributed by atoms with Crippen molar-refractivity contribution >= 4 is 23.6 Å². The van der Waals surface area contributed by atoms with Gasteiger partial charge in [-0.2, -0.15) is 23.3 Å². The van der Waals surface area contributed by atoms with Crippen molar-refractivity contribution in [3.8, 4) is 11.4 Å². The van der Waals surface area contributed by atoms with E-state index in [-0.39, 0.29) is 17.3 Å². The van der Waals surface area contributed by atoms with Crippen molar-refractivity contribution in [3.05, 3.63) is 58.2 Å². The van der Waals surface area contributed by atoms with Gasteiger partial charge in [-0.25, -0.2) is 0 Å². The van der Waals surface area contributed by atoms with Crippen LogP contribution < -0.4 is 0 Å². The smallest absolute Gasteiger partial charge is 0.338 e. The molecule has 1 amide bonds. The minimum absolute atomic E-state index is 0.101. The maximum Gasteiger partial charge on any atom is 0.416 e. The zero-order valence-electron chi connectivity index (χ0n) is 18.5. The molecular formula is C22H22ClF3N6O2. The van der Waals surface area contributed by atoms with Crippen molar-refractivity contribution < 1.29 is 22.5 Å². The van der Waals surface area contributed by atoms with E-state index >= 15 is 0 Å². The second kappa shape index (κ2) is 9.59. The standard InChI is InChI=1S/C22H22ClF3N6O2/c1-14-17(20(23)30(2)28-14)6-7-19(33)32-10-8-31(9-11-32)13-18-27-21(29-34-18)15-4-3-5-16(12-15)22(24,25)26/h3-7,12H,8-11,13H2,1-2H3/b7-6+. The Morgan fingerprint density at radius 2 is 1.97 bits per heavy atom. The van der Waals surface area contributed by atoms with Gasteiger partial charge in [0.05, 0.1) is 17.8 Å². The van der Waals surface area contributed by atoms with Crippen LogP contribution in [0.5, 0.6) is 0 Å². The summed E-state index contributed by atoms with van der Waals surface area (Å²) in [6.45, 7) is 4.37. The number of aromatic nitrogens is 4. The molecule has 0 spiro atoms. The molecule has 12 heteroatoms. The van der Waals surface area contributed by atoms with Gasteiger partial charge in [-0.1, -0.05) is 28.9 Å². The van der Waals surface area contributed by atoms with Crippen LogP contribution in [0.15, 0.2) is 34.9 Å². The molecule has 0 aliphatic carbocycles. The van der Waals surface area contributed by atoms with Crippen molar-refractivity contribution in [3.63, 3.8) is 0 Å². The molecule has 0 unspecified atom stereocenters. The molecule has 1 fully saturated rings. The molecule has 0 saturated carbocycles. The van der Waals surface area contributed by atoms with Crippen molar-refractivity contribution in [2.24, 2.45) is 7.05 Å². The number of carbonyl (C=O) groups excluding carboxylic acids is 1. The Morgan fingerprint density at radius 3 is 2.62 bits per heavy atom. The lowest BCUT2D eigenvalue weighted by Crippen LogP contribution is -2.47. The summed E-state index contributed by atoms with van der Waals surface area (Å²) in [7, 11) is 1.74. The number of rotatable bonds is 5. The lowest BCUT2D eigenvalue weighted by atomic mass is 10.1. The largest absolute Gasteiger partial charge is 0.416 e. The summed E-state index contributed by atoms with van der Waals surface area (Å²) in [4.78, 5) is 20.6. The predicted molar refractivity (Wildman–Crippen MR) is 119 cm³/mol. The van der Waals surface area contributed by atoms with E-state index in [0.29, 0.717) is 49.3 Å².